The molecule has 0 aliphatic heterocycles. The predicted octanol–water partition coefficient (Wildman–Crippen LogP) is 0.630. The number of ether oxygens (including phenoxy) is 1. The zero-order valence-electron chi connectivity index (χ0n) is 10.2. The van der Waals surface area contributed by atoms with Gasteiger partial charge in [0.05, 0.1) is 18.2 Å². The lowest BCUT2D eigenvalue weighted by Gasteiger charge is -2.13. The molecule has 1 heterocycles. The second-order valence-electron chi connectivity index (χ2n) is 3.51. The van der Waals surface area contributed by atoms with E-state index >= 15 is 0 Å². The topological polar surface area (TPSA) is 100 Å². The number of amides is 1. The number of carbonyl (C=O) groups excluding carboxylic acids is 2. The van der Waals surface area contributed by atoms with E-state index in [4.69, 9.17) is 22.1 Å². The summed E-state index contributed by atoms with van der Waals surface area (Å²) < 4.78 is 6.11. The van der Waals surface area contributed by atoms with Crippen LogP contribution >= 0.6 is 11.6 Å². The Hall–Kier alpha value is -1.63. The van der Waals surface area contributed by atoms with Crippen LogP contribution in [0.25, 0.3) is 0 Å². The minimum atomic E-state index is -0.672. The molecular weight excluding hydrogens is 260 g/mol. The quantitative estimate of drug-likeness (QED) is 0.606. The zero-order chi connectivity index (χ0) is 13.7. The van der Waals surface area contributed by atoms with Gasteiger partial charge in [-0.1, -0.05) is 12.1 Å². The summed E-state index contributed by atoms with van der Waals surface area (Å²) in [6, 6.07) is -0.672. The summed E-state index contributed by atoms with van der Waals surface area (Å²) >= 11 is 5.77. The largest absolute Gasteiger partial charge is 0.461 e. The number of alkyl halides is 1. The van der Waals surface area contributed by atoms with Crippen LogP contribution < -0.4 is 5.73 Å². The molecule has 1 atom stereocenters. The van der Waals surface area contributed by atoms with Crippen LogP contribution in [0.15, 0.2) is 0 Å². The summed E-state index contributed by atoms with van der Waals surface area (Å²) in [7, 11) is 0. The number of nitrogens with two attached hydrogens (primary N) is 1. The molecule has 7 nitrogen and oxygen atoms in total. The fourth-order valence-electron chi connectivity index (χ4n) is 1.54. The van der Waals surface area contributed by atoms with Gasteiger partial charge in [-0.05, 0) is 13.3 Å². The van der Waals surface area contributed by atoms with Crippen molar-refractivity contribution in [3.05, 3.63) is 11.4 Å². The third kappa shape index (κ3) is 2.79. The molecule has 1 aromatic rings. The fraction of sp³-hybridized carbons (Fsp3) is 0.600. The van der Waals surface area contributed by atoms with Crippen molar-refractivity contribution in [3.8, 4) is 0 Å². The van der Waals surface area contributed by atoms with Gasteiger partial charge in [0.25, 0.3) is 0 Å². The molecule has 0 spiro atoms. The molecule has 100 valence electrons. The summed E-state index contributed by atoms with van der Waals surface area (Å²) in [5.74, 6) is -1.17. The molecule has 1 rings (SSSR count). The number of halogens is 1. The molecule has 1 unspecified atom stereocenters. The van der Waals surface area contributed by atoms with Crippen LogP contribution in [0.4, 0.5) is 0 Å². The van der Waals surface area contributed by atoms with E-state index in [2.05, 4.69) is 10.3 Å². The van der Waals surface area contributed by atoms with Crippen LogP contribution in [0.5, 0.6) is 0 Å². The van der Waals surface area contributed by atoms with E-state index in [1.165, 1.54) is 4.68 Å². The molecule has 18 heavy (non-hydrogen) atoms. The van der Waals surface area contributed by atoms with Crippen molar-refractivity contribution in [2.45, 2.75) is 32.2 Å². The second kappa shape index (κ2) is 6.34. The van der Waals surface area contributed by atoms with Crippen molar-refractivity contribution in [2.24, 2.45) is 5.73 Å². The van der Waals surface area contributed by atoms with Gasteiger partial charge in [0, 0.05) is 0 Å². The number of esters is 1. The number of primary amides is 1. The van der Waals surface area contributed by atoms with E-state index in [0.717, 1.165) is 0 Å². The lowest BCUT2D eigenvalue weighted by molar-refractivity contribution is -0.121. The van der Waals surface area contributed by atoms with Crippen LogP contribution in [0.2, 0.25) is 0 Å². The smallest absolute Gasteiger partial charge is 0.360 e. The van der Waals surface area contributed by atoms with Crippen molar-refractivity contribution in [2.75, 3.05) is 6.61 Å². The standard InChI is InChI=1S/C10H15ClN4O3/c1-3-6(9(12)16)15-7(5-11)8(13-14-15)10(17)18-4-2/h6H,3-5H2,1-2H3,(H2,12,16). The first-order valence-electron chi connectivity index (χ1n) is 5.53. The van der Waals surface area contributed by atoms with Gasteiger partial charge in [-0.3, -0.25) is 4.79 Å². The van der Waals surface area contributed by atoms with Gasteiger partial charge in [0.1, 0.15) is 6.04 Å². The number of hydrogen-bond acceptors (Lipinski definition) is 5. The molecule has 1 amide bonds. The number of aromatic nitrogens is 3. The molecule has 0 aliphatic rings. The minimum Gasteiger partial charge on any atom is -0.461 e. The van der Waals surface area contributed by atoms with Crippen molar-refractivity contribution in [1.82, 2.24) is 15.0 Å². The van der Waals surface area contributed by atoms with Gasteiger partial charge in [-0.2, -0.15) is 0 Å². The molecular formula is C10H15ClN4O3. The molecule has 1 aromatic heterocycles. The number of rotatable bonds is 6. The van der Waals surface area contributed by atoms with E-state index in [0.29, 0.717) is 12.1 Å². The maximum Gasteiger partial charge on any atom is 0.360 e. The van der Waals surface area contributed by atoms with Crippen molar-refractivity contribution in [3.63, 3.8) is 0 Å². The molecule has 8 heteroatoms. The summed E-state index contributed by atoms with van der Waals surface area (Å²) in [5.41, 5.74) is 5.61. The third-order valence-electron chi connectivity index (χ3n) is 2.40. The van der Waals surface area contributed by atoms with Crippen LogP contribution in [0.1, 0.15) is 42.5 Å². The van der Waals surface area contributed by atoms with Gasteiger partial charge < -0.3 is 10.5 Å². The van der Waals surface area contributed by atoms with Crippen molar-refractivity contribution < 1.29 is 14.3 Å². The van der Waals surface area contributed by atoms with Crippen LogP contribution in [0, 0.1) is 0 Å². The Labute approximate surface area is 109 Å². The average Bonchev–Trinajstić information content (AvgIpc) is 2.73. The SMILES string of the molecule is CCOC(=O)c1nnn(C(CC)C(N)=O)c1CCl. The lowest BCUT2D eigenvalue weighted by Crippen LogP contribution is -2.28. The lowest BCUT2D eigenvalue weighted by atomic mass is 10.2. The highest BCUT2D eigenvalue weighted by molar-refractivity contribution is 6.17. The van der Waals surface area contributed by atoms with Crippen molar-refractivity contribution in [1.29, 1.82) is 0 Å². The molecule has 0 saturated heterocycles. The van der Waals surface area contributed by atoms with Gasteiger partial charge in [-0.25, -0.2) is 9.48 Å². The molecule has 2 N–H and O–H groups in total. The van der Waals surface area contributed by atoms with E-state index in [1.807, 2.05) is 0 Å². The van der Waals surface area contributed by atoms with Crippen molar-refractivity contribution >= 4 is 23.5 Å². The molecule has 0 radical (unpaired) electrons. The van der Waals surface area contributed by atoms with Crippen LogP contribution in [0.3, 0.4) is 0 Å². The fourth-order valence-corrected chi connectivity index (χ4v) is 1.79. The maximum atomic E-state index is 11.6. The first kappa shape index (κ1) is 14.4. The maximum absolute atomic E-state index is 11.6. The average molecular weight is 275 g/mol. The highest BCUT2D eigenvalue weighted by Gasteiger charge is 2.26. The Balaban J connectivity index is 3.15. The number of nitrogens with zero attached hydrogens (tertiary/aromatic N) is 3. The van der Waals surface area contributed by atoms with E-state index in [1.54, 1.807) is 13.8 Å². The van der Waals surface area contributed by atoms with Gasteiger partial charge >= 0.3 is 5.97 Å². The van der Waals surface area contributed by atoms with Gasteiger partial charge in [0.2, 0.25) is 5.91 Å². The zero-order valence-corrected chi connectivity index (χ0v) is 11.0. The Bertz CT molecular complexity index is 446. The summed E-state index contributed by atoms with van der Waals surface area (Å²) in [6.45, 7) is 3.68. The molecule has 0 bridgehead atoms. The van der Waals surface area contributed by atoms with E-state index in [9.17, 15) is 9.59 Å². The normalized spacial score (nSPS) is 12.2. The van der Waals surface area contributed by atoms with E-state index < -0.39 is 17.9 Å². The Morgan fingerprint density at radius 1 is 1.50 bits per heavy atom. The number of hydrogen-bond donors (Lipinski definition) is 1. The Kier molecular flexibility index (Phi) is 5.08. The third-order valence-corrected chi connectivity index (χ3v) is 2.65. The highest BCUT2D eigenvalue weighted by Crippen LogP contribution is 2.17. The van der Waals surface area contributed by atoms with E-state index in [-0.39, 0.29) is 18.2 Å². The second-order valence-corrected chi connectivity index (χ2v) is 3.78. The molecule has 0 saturated carbocycles. The highest BCUT2D eigenvalue weighted by atomic mass is 35.5. The molecule has 0 aromatic carbocycles. The van der Waals surface area contributed by atoms with Gasteiger partial charge in [-0.15, -0.1) is 16.7 Å². The summed E-state index contributed by atoms with van der Waals surface area (Å²) in [4.78, 5) is 22.9. The first-order chi connectivity index (χ1) is 8.56. The van der Waals surface area contributed by atoms with Gasteiger partial charge in [0.15, 0.2) is 5.69 Å². The number of carbonyl (C=O) groups is 2. The molecule has 0 fully saturated rings. The van der Waals surface area contributed by atoms with Crippen LogP contribution in [-0.2, 0) is 15.4 Å². The first-order valence-corrected chi connectivity index (χ1v) is 6.06. The minimum absolute atomic E-state index is 0.00900. The monoisotopic (exact) mass is 274 g/mol. The van der Waals surface area contributed by atoms with Crippen LogP contribution in [-0.4, -0.2) is 33.5 Å². The Morgan fingerprint density at radius 3 is 2.61 bits per heavy atom. The summed E-state index contributed by atoms with van der Waals surface area (Å²) in [6.07, 6.45) is 0.435. The molecule has 0 aliphatic carbocycles. The predicted molar refractivity (Wildman–Crippen MR) is 64.1 cm³/mol. The Morgan fingerprint density at radius 2 is 2.17 bits per heavy atom. The summed E-state index contributed by atoms with van der Waals surface area (Å²) in [5, 5.41) is 7.47.